The van der Waals surface area contributed by atoms with E-state index in [0.29, 0.717) is 19.1 Å². The van der Waals surface area contributed by atoms with Gasteiger partial charge in [0.1, 0.15) is 0 Å². The first kappa shape index (κ1) is 14.9. The summed E-state index contributed by atoms with van der Waals surface area (Å²) in [6.07, 6.45) is 7.96. The van der Waals surface area contributed by atoms with Gasteiger partial charge in [0.05, 0.1) is 12.5 Å². The van der Waals surface area contributed by atoms with Crippen LogP contribution in [-0.2, 0) is 16.0 Å². The second kappa shape index (κ2) is 7.27. The summed E-state index contributed by atoms with van der Waals surface area (Å²) < 4.78 is 7.60. The Bertz CT molecular complexity index is 584. The van der Waals surface area contributed by atoms with Crippen molar-refractivity contribution in [3.63, 3.8) is 0 Å². The maximum absolute atomic E-state index is 11.9. The normalized spacial score (nSPS) is 17.5. The van der Waals surface area contributed by atoms with E-state index in [1.165, 1.54) is 0 Å². The van der Waals surface area contributed by atoms with E-state index in [0.717, 1.165) is 37.1 Å². The molecule has 116 valence electrons. The molecule has 1 aromatic carbocycles. The molecule has 0 bridgehead atoms. The summed E-state index contributed by atoms with van der Waals surface area (Å²) in [5, 5.41) is 2.98. The van der Waals surface area contributed by atoms with E-state index in [9.17, 15) is 4.79 Å². The molecule has 2 aromatic rings. The van der Waals surface area contributed by atoms with Crippen molar-refractivity contribution in [3.05, 3.63) is 54.4 Å². The standard InChI is InChI=1S/C18H22N2O2/c21-18(19-10-9-17-4-3-13-22-17)14-15-5-7-16(8-6-15)20-11-1-2-12-20/h1-2,5-8,11-12,17H,3-4,9-10,13-14H2,(H,19,21)/t17-/m0/s1. The minimum atomic E-state index is 0.0757. The summed E-state index contributed by atoms with van der Waals surface area (Å²) in [5.74, 6) is 0.0757. The maximum Gasteiger partial charge on any atom is 0.224 e. The Morgan fingerprint density at radius 2 is 2.00 bits per heavy atom. The van der Waals surface area contributed by atoms with Gasteiger partial charge in [-0.25, -0.2) is 0 Å². The lowest BCUT2D eigenvalue weighted by Crippen LogP contribution is -2.28. The van der Waals surface area contributed by atoms with Gasteiger partial charge in [-0.05, 0) is 49.1 Å². The van der Waals surface area contributed by atoms with Crippen LogP contribution in [0.15, 0.2) is 48.8 Å². The van der Waals surface area contributed by atoms with E-state index in [1.807, 2.05) is 53.4 Å². The molecule has 1 atom stereocenters. The number of amides is 1. The number of ether oxygens (including phenoxy) is 1. The van der Waals surface area contributed by atoms with Crippen LogP contribution >= 0.6 is 0 Å². The van der Waals surface area contributed by atoms with Gasteiger partial charge in [-0.1, -0.05) is 12.1 Å². The minimum Gasteiger partial charge on any atom is -0.378 e. The second-order valence-corrected chi connectivity index (χ2v) is 5.71. The SMILES string of the molecule is O=C(Cc1ccc(-n2cccc2)cc1)NCC[C@@H]1CCCO1. The molecule has 4 heteroatoms. The number of nitrogens with zero attached hydrogens (tertiary/aromatic N) is 1. The van der Waals surface area contributed by atoms with Gasteiger partial charge in [0.15, 0.2) is 0 Å². The zero-order valence-electron chi connectivity index (χ0n) is 12.7. The highest BCUT2D eigenvalue weighted by atomic mass is 16.5. The number of hydrogen-bond donors (Lipinski definition) is 1. The van der Waals surface area contributed by atoms with Gasteiger partial charge in [-0.15, -0.1) is 0 Å². The predicted molar refractivity (Wildman–Crippen MR) is 86.1 cm³/mol. The first-order valence-corrected chi connectivity index (χ1v) is 7.92. The molecule has 1 N–H and O–H groups in total. The van der Waals surface area contributed by atoms with Crippen LogP contribution in [0, 0.1) is 0 Å². The monoisotopic (exact) mass is 298 g/mol. The lowest BCUT2D eigenvalue weighted by Gasteiger charge is -2.10. The molecule has 0 radical (unpaired) electrons. The smallest absolute Gasteiger partial charge is 0.224 e. The van der Waals surface area contributed by atoms with Crippen molar-refractivity contribution in [1.82, 2.24) is 9.88 Å². The van der Waals surface area contributed by atoms with E-state index in [2.05, 4.69) is 5.32 Å². The first-order chi connectivity index (χ1) is 10.8. The molecule has 1 saturated heterocycles. The number of rotatable bonds is 6. The van der Waals surface area contributed by atoms with Crippen molar-refractivity contribution < 1.29 is 9.53 Å². The molecular weight excluding hydrogens is 276 g/mol. The van der Waals surface area contributed by atoms with Gasteiger partial charge in [0.2, 0.25) is 5.91 Å². The fourth-order valence-electron chi connectivity index (χ4n) is 2.79. The molecule has 1 aliphatic heterocycles. The van der Waals surface area contributed by atoms with E-state index in [1.54, 1.807) is 0 Å². The Hall–Kier alpha value is -2.07. The summed E-state index contributed by atoms with van der Waals surface area (Å²) in [7, 11) is 0. The Morgan fingerprint density at radius 1 is 1.23 bits per heavy atom. The van der Waals surface area contributed by atoms with Crippen LogP contribution in [0.1, 0.15) is 24.8 Å². The Balaban J connectivity index is 1.44. The highest BCUT2D eigenvalue weighted by Gasteiger charge is 2.15. The largest absolute Gasteiger partial charge is 0.378 e. The Kier molecular flexibility index (Phi) is 4.91. The second-order valence-electron chi connectivity index (χ2n) is 5.71. The van der Waals surface area contributed by atoms with Crippen molar-refractivity contribution in [1.29, 1.82) is 0 Å². The third-order valence-corrected chi connectivity index (χ3v) is 4.02. The zero-order valence-corrected chi connectivity index (χ0v) is 12.7. The lowest BCUT2D eigenvalue weighted by molar-refractivity contribution is -0.120. The molecular formula is C18H22N2O2. The summed E-state index contributed by atoms with van der Waals surface area (Å²) in [6.45, 7) is 1.57. The van der Waals surface area contributed by atoms with Crippen LogP contribution in [0.25, 0.3) is 5.69 Å². The molecule has 1 amide bonds. The van der Waals surface area contributed by atoms with Crippen LogP contribution in [-0.4, -0.2) is 29.7 Å². The van der Waals surface area contributed by atoms with E-state index in [-0.39, 0.29) is 5.91 Å². The zero-order chi connectivity index (χ0) is 15.2. The number of hydrogen-bond acceptors (Lipinski definition) is 2. The quantitative estimate of drug-likeness (QED) is 0.891. The fourth-order valence-corrected chi connectivity index (χ4v) is 2.79. The first-order valence-electron chi connectivity index (χ1n) is 7.92. The molecule has 1 fully saturated rings. The number of nitrogens with one attached hydrogen (secondary N) is 1. The number of benzene rings is 1. The van der Waals surface area contributed by atoms with E-state index in [4.69, 9.17) is 4.74 Å². The van der Waals surface area contributed by atoms with Crippen LogP contribution in [0.4, 0.5) is 0 Å². The summed E-state index contributed by atoms with van der Waals surface area (Å²) in [5.41, 5.74) is 2.14. The third kappa shape index (κ3) is 3.98. The van der Waals surface area contributed by atoms with Crippen LogP contribution in [0.5, 0.6) is 0 Å². The van der Waals surface area contributed by atoms with Crippen LogP contribution < -0.4 is 5.32 Å². The maximum atomic E-state index is 11.9. The summed E-state index contributed by atoms with van der Waals surface area (Å²) >= 11 is 0. The molecule has 0 spiro atoms. The highest BCUT2D eigenvalue weighted by molar-refractivity contribution is 5.78. The van der Waals surface area contributed by atoms with Crippen LogP contribution in [0.2, 0.25) is 0 Å². The van der Waals surface area contributed by atoms with Crippen molar-refractivity contribution in [2.24, 2.45) is 0 Å². The molecule has 4 nitrogen and oxygen atoms in total. The molecule has 1 aromatic heterocycles. The Labute approximate surface area is 131 Å². The topological polar surface area (TPSA) is 43.3 Å². The van der Waals surface area contributed by atoms with Crippen LogP contribution in [0.3, 0.4) is 0 Å². The average Bonchev–Trinajstić information content (AvgIpc) is 3.21. The molecule has 2 heterocycles. The molecule has 22 heavy (non-hydrogen) atoms. The van der Waals surface area contributed by atoms with Gasteiger partial charge >= 0.3 is 0 Å². The van der Waals surface area contributed by atoms with Gasteiger partial charge in [0, 0.05) is 31.2 Å². The van der Waals surface area contributed by atoms with Gasteiger partial charge in [0.25, 0.3) is 0 Å². The highest BCUT2D eigenvalue weighted by Crippen LogP contribution is 2.14. The van der Waals surface area contributed by atoms with Crippen molar-refractivity contribution >= 4 is 5.91 Å². The predicted octanol–water partition coefficient (Wildman–Crippen LogP) is 2.71. The number of carbonyl (C=O) groups excluding carboxylic acids is 1. The van der Waals surface area contributed by atoms with Gasteiger partial charge in [-0.2, -0.15) is 0 Å². The number of carbonyl (C=O) groups is 1. The van der Waals surface area contributed by atoms with E-state index >= 15 is 0 Å². The molecule has 1 aliphatic rings. The lowest BCUT2D eigenvalue weighted by atomic mass is 10.1. The van der Waals surface area contributed by atoms with Gasteiger partial charge in [-0.3, -0.25) is 4.79 Å². The average molecular weight is 298 g/mol. The van der Waals surface area contributed by atoms with Crippen molar-refractivity contribution in [2.45, 2.75) is 31.8 Å². The third-order valence-electron chi connectivity index (χ3n) is 4.02. The molecule has 3 rings (SSSR count). The molecule has 0 unspecified atom stereocenters. The Morgan fingerprint density at radius 3 is 2.68 bits per heavy atom. The number of aromatic nitrogens is 1. The molecule has 0 aliphatic carbocycles. The van der Waals surface area contributed by atoms with Gasteiger partial charge < -0.3 is 14.6 Å². The minimum absolute atomic E-state index is 0.0757. The molecule has 0 saturated carbocycles. The van der Waals surface area contributed by atoms with Crippen molar-refractivity contribution in [3.8, 4) is 5.69 Å². The van der Waals surface area contributed by atoms with Crippen molar-refractivity contribution in [2.75, 3.05) is 13.2 Å². The summed E-state index contributed by atoms with van der Waals surface area (Å²) in [6, 6.07) is 12.1. The van der Waals surface area contributed by atoms with E-state index < -0.39 is 0 Å². The fraction of sp³-hybridized carbons (Fsp3) is 0.389. The summed E-state index contributed by atoms with van der Waals surface area (Å²) in [4.78, 5) is 11.9.